The topological polar surface area (TPSA) is 86.0 Å². The van der Waals surface area contributed by atoms with E-state index >= 15 is 0 Å². The molecule has 1 fully saturated rings. The maximum atomic E-state index is 11.4. The second-order valence-corrected chi connectivity index (χ2v) is 6.61. The zero-order chi connectivity index (χ0) is 17.9. The third-order valence-electron chi connectivity index (χ3n) is 4.80. The lowest BCUT2D eigenvalue weighted by Crippen LogP contribution is -2.36. The smallest absolute Gasteiger partial charge is 0.323 e. The number of nitrogens with one attached hydrogen (secondary N) is 3. The van der Waals surface area contributed by atoms with Crippen molar-refractivity contribution in [3.05, 3.63) is 58.1 Å². The fourth-order valence-corrected chi connectivity index (χ4v) is 3.21. The number of hydrogen-bond donors (Lipinski definition) is 3. The fraction of sp³-hybridized carbons (Fsp3) is 0.368. The first kappa shape index (κ1) is 16.8. The van der Waals surface area contributed by atoms with Gasteiger partial charge in [0.15, 0.2) is 0 Å². The predicted molar refractivity (Wildman–Crippen MR) is 101 cm³/mol. The molecule has 1 saturated heterocycles. The Labute approximate surface area is 151 Å². The number of nitrogens with zero attached hydrogens (tertiary/aromatic N) is 2. The van der Waals surface area contributed by atoms with E-state index in [1.54, 1.807) is 0 Å². The Balaban J connectivity index is 1.38. The summed E-state index contributed by atoms with van der Waals surface area (Å²) in [5.74, 6) is 1.01. The molecule has 0 spiro atoms. The summed E-state index contributed by atoms with van der Waals surface area (Å²) in [4.78, 5) is 23.8. The maximum absolute atomic E-state index is 11.4. The highest BCUT2D eigenvalue weighted by Gasteiger charge is 2.12. The lowest BCUT2D eigenvalue weighted by Gasteiger charge is -2.27. The van der Waals surface area contributed by atoms with Crippen molar-refractivity contribution in [1.29, 1.82) is 0 Å². The van der Waals surface area contributed by atoms with Gasteiger partial charge in [-0.2, -0.15) is 0 Å². The van der Waals surface area contributed by atoms with Gasteiger partial charge in [0, 0.05) is 31.9 Å². The first-order valence-corrected chi connectivity index (χ1v) is 8.92. The summed E-state index contributed by atoms with van der Waals surface area (Å²) in [6.45, 7) is 6.16. The molecule has 7 nitrogen and oxygen atoms in total. The van der Waals surface area contributed by atoms with Gasteiger partial charge < -0.3 is 24.9 Å². The lowest BCUT2D eigenvalue weighted by atomic mass is 10.1. The van der Waals surface area contributed by atoms with Crippen molar-refractivity contribution in [1.82, 2.24) is 20.3 Å². The molecule has 1 unspecified atom stereocenters. The summed E-state index contributed by atoms with van der Waals surface area (Å²) in [6.07, 6.45) is 1.93. The zero-order valence-electron chi connectivity index (χ0n) is 14.8. The Bertz CT molecular complexity index is 925. The number of rotatable bonds is 5. The summed E-state index contributed by atoms with van der Waals surface area (Å²) in [5.41, 5.74) is 3.76. The van der Waals surface area contributed by atoms with Gasteiger partial charge >= 0.3 is 5.69 Å². The minimum absolute atomic E-state index is 0.164. The van der Waals surface area contributed by atoms with Crippen LogP contribution in [0.4, 0.5) is 5.82 Å². The van der Waals surface area contributed by atoms with Gasteiger partial charge in [-0.15, -0.1) is 0 Å². The van der Waals surface area contributed by atoms with Gasteiger partial charge in [-0.05, 0) is 36.2 Å². The third-order valence-corrected chi connectivity index (χ3v) is 4.80. The van der Waals surface area contributed by atoms with Crippen LogP contribution in [-0.2, 0) is 11.3 Å². The number of aromatic amines is 2. The molecule has 136 valence electrons. The van der Waals surface area contributed by atoms with Gasteiger partial charge in [0.2, 0.25) is 0 Å². The number of anilines is 1. The Kier molecular flexibility index (Phi) is 4.73. The largest absolute Gasteiger partial charge is 0.378 e. The Morgan fingerprint density at radius 3 is 2.77 bits per heavy atom. The number of hydrogen-bond acceptors (Lipinski definition) is 5. The molecule has 1 aliphatic rings. The van der Waals surface area contributed by atoms with Gasteiger partial charge in [-0.25, -0.2) is 9.78 Å². The van der Waals surface area contributed by atoms with Gasteiger partial charge in [-0.1, -0.05) is 12.1 Å². The number of H-pyrrole nitrogens is 2. The number of benzene rings is 1. The van der Waals surface area contributed by atoms with Gasteiger partial charge in [0.1, 0.15) is 5.82 Å². The van der Waals surface area contributed by atoms with Gasteiger partial charge in [0.25, 0.3) is 0 Å². The summed E-state index contributed by atoms with van der Waals surface area (Å²) >= 11 is 0. The molecule has 3 aromatic rings. The average Bonchev–Trinajstić information content (AvgIpc) is 3.06. The highest BCUT2D eigenvalue weighted by atomic mass is 16.5. The van der Waals surface area contributed by atoms with E-state index in [0.29, 0.717) is 0 Å². The van der Waals surface area contributed by atoms with Crippen molar-refractivity contribution in [2.45, 2.75) is 19.5 Å². The maximum Gasteiger partial charge on any atom is 0.323 e. The van der Waals surface area contributed by atoms with E-state index in [4.69, 9.17) is 4.74 Å². The molecule has 0 bridgehead atoms. The van der Waals surface area contributed by atoms with Crippen LogP contribution in [0.3, 0.4) is 0 Å². The molecule has 0 saturated carbocycles. The second-order valence-electron chi connectivity index (χ2n) is 6.61. The van der Waals surface area contributed by atoms with E-state index in [1.807, 2.05) is 24.4 Å². The lowest BCUT2D eigenvalue weighted by molar-refractivity contribution is 0.122. The first-order chi connectivity index (χ1) is 12.7. The summed E-state index contributed by atoms with van der Waals surface area (Å²) in [5, 5.41) is 3.51. The quantitative estimate of drug-likeness (QED) is 0.653. The Morgan fingerprint density at radius 1 is 1.19 bits per heavy atom. The van der Waals surface area contributed by atoms with Crippen molar-refractivity contribution in [3.8, 4) is 0 Å². The normalized spacial score (nSPS) is 16.1. The number of pyridine rings is 1. The molecular weight excluding hydrogens is 330 g/mol. The van der Waals surface area contributed by atoms with Crippen LogP contribution in [0.15, 0.2) is 41.3 Å². The number of aromatic nitrogens is 3. The number of morpholine rings is 1. The molecule has 3 N–H and O–H groups in total. The monoisotopic (exact) mass is 353 g/mol. The van der Waals surface area contributed by atoms with E-state index in [9.17, 15) is 4.79 Å². The zero-order valence-corrected chi connectivity index (χ0v) is 14.8. The van der Waals surface area contributed by atoms with Crippen LogP contribution in [0.2, 0.25) is 0 Å². The van der Waals surface area contributed by atoms with Crippen LogP contribution in [0, 0.1) is 0 Å². The number of fused-ring (bicyclic) bond motifs is 1. The molecule has 2 aromatic heterocycles. The van der Waals surface area contributed by atoms with Gasteiger partial charge in [0.05, 0.1) is 24.2 Å². The Hall–Kier alpha value is -2.64. The van der Waals surface area contributed by atoms with Crippen LogP contribution in [0.5, 0.6) is 0 Å². The molecule has 26 heavy (non-hydrogen) atoms. The summed E-state index contributed by atoms with van der Waals surface area (Å²) < 4.78 is 5.38. The summed E-state index contributed by atoms with van der Waals surface area (Å²) in [7, 11) is 0. The Morgan fingerprint density at radius 2 is 2.00 bits per heavy atom. The van der Waals surface area contributed by atoms with E-state index in [2.05, 4.69) is 44.2 Å². The minimum Gasteiger partial charge on any atom is -0.378 e. The van der Waals surface area contributed by atoms with Crippen molar-refractivity contribution >= 4 is 16.9 Å². The van der Waals surface area contributed by atoms with Gasteiger partial charge in [-0.3, -0.25) is 0 Å². The number of imidazole rings is 1. The predicted octanol–water partition coefficient (Wildman–Crippen LogP) is 1.94. The SMILES string of the molecule is CC(NCc1ccc(N2CCOCC2)nc1)c1ccc2[nH]c(=O)[nH]c2c1. The van der Waals surface area contributed by atoms with Crippen LogP contribution >= 0.6 is 0 Å². The van der Waals surface area contributed by atoms with Crippen molar-refractivity contribution in [2.75, 3.05) is 31.2 Å². The van der Waals surface area contributed by atoms with Crippen LogP contribution in [0.1, 0.15) is 24.1 Å². The first-order valence-electron chi connectivity index (χ1n) is 8.92. The number of ether oxygens (including phenoxy) is 1. The fourth-order valence-electron chi connectivity index (χ4n) is 3.21. The van der Waals surface area contributed by atoms with Crippen LogP contribution in [-0.4, -0.2) is 41.3 Å². The summed E-state index contributed by atoms with van der Waals surface area (Å²) in [6, 6.07) is 10.3. The van der Waals surface area contributed by atoms with Crippen molar-refractivity contribution in [2.24, 2.45) is 0 Å². The minimum atomic E-state index is -0.177. The molecule has 1 aliphatic heterocycles. The third kappa shape index (κ3) is 3.63. The molecule has 7 heteroatoms. The highest BCUT2D eigenvalue weighted by Crippen LogP contribution is 2.18. The highest BCUT2D eigenvalue weighted by molar-refractivity contribution is 5.75. The van der Waals surface area contributed by atoms with E-state index in [1.165, 1.54) is 0 Å². The van der Waals surface area contributed by atoms with E-state index in [0.717, 1.165) is 60.8 Å². The molecule has 3 heterocycles. The van der Waals surface area contributed by atoms with Crippen LogP contribution < -0.4 is 15.9 Å². The molecule has 0 amide bonds. The molecule has 4 rings (SSSR count). The van der Waals surface area contributed by atoms with Crippen molar-refractivity contribution < 1.29 is 4.74 Å². The second kappa shape index (κ2) is 7.31. The standard InChI is InChI=1S/C19H23N5O2/c1-13(15-3-4-16-17(10-15)23-19(25)22-16)20-11-14-2-5-18(21-12-14)24-6-8-26-9-7-24/h2-5,10,12-13,20H,6-9,11H2,1H3,(H2,22,23,25). The molecular formula is C19H23N5O2. The molecule has 1 atom stereocenters. The molecule has 0 aliphatic carbocycles. The average molecular weight is 353 g/mol. The van der Waals surface area contributed by atoms with E-state index < -0.39 is 0 Å². The van der Waals surface area contributed by atoms with Crippen molar-refractivity contribution in [3.63, 3.8) is 0 Å². The van der Waals surface area contributed by atoms with E-state index in [-0.39, 0.29) is 11.7 Å². The van der Waals surface area contributed by atoms with Crippen LogP contribution in [0.25, 0.3) is 11.0 Å². The molecule has 0 radical (unpaired) electrons. The molecule has 1 aromatic carbocycles.